The molecule has 5 nitrogen and oxygen atoms in total. The quantitative estimate of drug-likeness (QED) is 0.777. The van der Waals surface area contributed by atoms with Crippen molar-refractivity contribution in [3.63, 3.8) is 0 Å². The number of carbonyl (C=O) groups excluding carboxylic acids is 2. The molecule has 2 amide bonds. The largest absolute Gasteiger partial charge is 0.347 e. The fourth-order valence-corrected chi connectivity index (χ4v) is 2.50. The van der Waals surface area contributed by atoms with Crippen molar-refractivity contribution in [1.29, 1.82) is 0 Å². The van der Waals surface area contributed by atoms with Crippen molar-refractivity contribution in [3.05, 3.63) is 35.9 Å². The third-order valence-electron chi connectivity index (χ3n) is 3.97. The third kappa shape index (κ3) is 6.71. The van der Waals surface area contributed by atoms with E-state index in [4.69, 9.17) is 0 Å². The summed E-state index contributed by atoms with van der Waals surface area (Å²) in [5, 5.41) is 2.94. The number of amides is 2. The molecule has 0 heterocycles. The first-order chi connectivity index (χ1) is 11.1. The fourth-order valence-electron chi connectivity index (χ4n) is 2.50. The number of hydrogen-bond acceptors (Lipinski definition) is 2. The maximum atomic E-state index is 12.8. The Labute approximate surface area is 146 Å². The first kappa shape index (κ1) is 20.2. The van der Waals surface area contributed by atoms with Crippen LogP contribution in [-0.2, 0) is 16.1 Å². The van der Waals surface area contributed by atoms with E-state index in [1.807, 2.05) is 76.9 Å². The summed E-state index contributed by atoms with van der Waals surface area (Å²) in [6.45, 7) is 11.3. The van der Waals surface area contributed by atoms with Crippen LogP contribution in [-0.4, -0.2) is 48.4 Å². The molecule has 0 aromatic heterocycles. The van der Waals surface area contributed by atoms with Crippen LogP contribution in [0.25, 0.3) is 0 Å². The van der Waals surface area contributed by atoms with E-state index in [9.17, 15) is 9.59 Å². The van der Waals surface area contributed by atoms with Crippen LogP contribution in [0.1, 0.15) is 40.2 Å². The number of nitrogens with zero attached hydrogens (tertiary/aromatic N) is 1. The van der Waals surface area contributed by atoms with Gasteiger partial charge in [0.15, 0.2) is 12.6 Å². The van der Waals surface area contributed by atoms with E-state index in [0.717, 1.165) is 10.5 Å². The second kappa shape index (κ2) is 8.83. The maximum Gasteiger partial charge on any atom is 0.280 e. The summed E-state index contributed by atoms with van der Waals surface area (Å²) in [4.78, 5) is 27.6. The van der Waals surface area contributed by atoms with Gasteiger partial charge >= 0.3 is 0 Å². The SMILES string of the molecule is CCN(Cc1ccccc1)C(=O)[C@H](C)[NH+](C)CC(=O)NC(C)(C)C. The topological polar surface area (TPSA) is 53.9 Å². The van der Waals surface area contributed by atoms with Crippen molar-refractivity contribution < 1.29 is 14.5 Å². The van der Waals surface area contributed by atoms with Gasteiger partial charge in [0.05, 0.1) is 7.05 Å². The number of nitrogens with one attached hydrogen (secondary N) is 2. The molecule has 5 heteroatoms. The molecule has 24 heavy (non-hydrogen) atoms. The Morgan fingerprint density at radius 2 is 1.79 bits per heavy atom. The lowest BCUT2D eigenvalue weighted by atomic mass is 10.1. The van der Waals surface area contributed by atoms with Crippen molar-refractivity contribution in [1.82, 2.24) is 10.2 Å². The lowest BCUT2D eigenvalue weighted by Gasteiger charge is -2.28. The van der Waals surface area contributed by atoms with Crippen molar-refractivity contribution in [3.8, 4) is 0 Å². The average Bonchev–Trinajstić information content (AvgIpc) is 2.50. The molecule has 0 spiro atoms. The lowest BCUT2D eigenvalue weighted by Crippen LogP contribution is -3.15. The molecular weight excluding hydrogens is 302 g/mol. The van der Waals surface area contributed by atoms with E-state index in [2.05, 4.69) is 5.32 Å². The molecule has 134 valence electrons. The average molecular weight is 334 g/mol. The van der Waals surface area contributed by atoms with Crippen LogP contribution in [0.2, 0.25) is 0 Å². The Bertz CT molecular complexity index is 537. The Kier molecular flexibility index (Phi) is 7.42. The number of rotatable bonds is 7. The zero-order chi connectivity index (χ0) is 18.3. The first-order valence-corrected chi connectivity index (χ1v) is 8.60. The number of benzene rings is 1. The second-order valence-corrected chi connectivity index (χ2v) is 7.38. The van der Waals surface area contributed by atoms with Crippen LogP contribution >= 0.6 is 0 Å². The van der Waals surface area contributed by atoms with Gasteiger partial charge in [0.2, 0.25) is 0 Å². The minimum atomic E-state index is -0.264. The number of likely N-dealkylation sites (N-methyl/N-ethyl adjacent to an activating group) is 2. The standard InChI is InChI=1S/C19H31N3O2/c1-7-22(13-16-11-9-8-10-12-16)18(24)15(2)21(6)14-17(23)20-19(3,4)5/h8-12,15H,7,13-14H2,1-6H3,(H,20,23)/p+1/t15-/m0/s1. The van der Waals surface area contributed by atoms with E-state index >= 15 is 0 Å². The zero-order valence-corrected chi connectivity index (χ0v) is 15.8. The van der Waals surface area contributed by atoms with Gasteiger partial charge in [-0.1, -0.05) is 30.3 Å². The van der Waals surface area contributed by atoms with Crippen molar-refractivity contribution in [2.75, 3.05) is 20.1 Å². The summed E-state index contributed by atoms with van der Waals surface area (Å²) >= 11 is 0. The minimum absolute atomic E-state index is 0.0363. The van der Waals surface area contributed by atoms with Gasteiger partial charge in [0, 0.05) is 18.6 Å². The van der Waals surface area contributed by atoms with Crippen LogP contribution in [0, 0.1) is 0 Å². The highest BCUT2D eigenvalue weighted by Gasteiger charge is 2.28. The van der Waals surface area contributed by atoms with Crippen LogP contribution < -0.4 is 10.2 Å². The molecule has 0 aliphatic heterocycles. The number of carbonyl (C=O) groups is 2. The van der Waals surface area contributed by atoms with Gasteiger partial charge in [0.25, 0.3) is 11.8 Å². The molecule has 0 saturated carbocycles. The van der Waals surface area contributed by atoms with E-state index in [0.29, 0.717) is 13.1 Å². The lowest BCUT2D eigenvalue weighted by molar-refractivity contribution is -0.886. The zero-order valence-electron chi connectivity index (χ0n) is 15.8. The molecule has 0 radical (unpaired) electrons. The van der Waals surface area contributed by atoms with Gasteiger partial charge in [-0.05, 0) is 40.2 Å². The molecule has 0 aliphatic rings. The van der Waals surface area contributed by atoms with E-state index in [1.54, 1.807) is 0 Å². The first-order valence-electron chi connectivity index (χ1n) is 8.60. The fraction of sp³-hybridized carbons (Fsp3) is 0.579. The Morgan fingerprint density at radius 1 is 1.21 bits per heavy atom. The Morgan fingerprint density at radius 3 is 2.29 bits per heavy atom. The predicted molar refractivity (Wildman–Crippen MR) is 96.6 cm³/mol. The molecule has 2 atom stereocenters. The van der Waals surface area contributed by atoms with Crippen LogP contribution in [0.3, 0.4) is 0 Å². The number of hydrogen-bond donors (Lipinski definition) is 2. The third-order valence-corrected chi connectivity index (χ3v) is 3.97. The van der Waals surface area contributed by atoms with E-state index in [-0.39, 0.29) is 29.9 Å². The summed E-state index contributed by atoms with van der Waals surface area (Å²) < 4.78 is 0. The monoisotopic (exact) mass is 334 g/mol. The maximum absolute atomic E-state index is 12.8. The van der Waals surface area contributed by atoms with Gasteiger partial charge in [-0.25, -0.2) is 0 Å². The van der Waals surface area contributed by atoms with E-state index in [1.165, 1.54) is 0 Å². The molecule has 0 aliphatic carbocycles. The van der Waals surface area contributed by atoms with Gasteiger partial charge in [-0.2, -0.15) is 0 Å². The molecule has 1 unspecified atom stereocenters. The van der Waals surface area contributed by atoms with E-state index < -0.39 is 0 Å². The Hall–Kier alpha value is -1.88. The summed E-state index contributed by atoms with van der Waals surface area (Å²) in [5.74, 6) is 0.0353. The molecule has 0 bridgehead atoms. The molecule has 1 rings (SSSR count). The predicted octanol–water partition coefficient (Wildman–Crippen LogP) is 0.853. The normalized spacial score (nSPS) is 13.9. The summed E-state index contributed by atoms with van der Waals surface area (Å²) in [5.41, 5.74) is 0.857. The highest BCUT2D eigenvalue weighted by atomic mass is 16.2. The van der Waals surface area contributed by atoms with Gasteiger partial charge in [-0.3, -0.25) is 9.59 Å². The molecule has 1 aromatic rings. The van der Waals surface area contributed by atoms with Crippen LogP contribution in [0.15, 0.2) is 30.3 Å². The summed E-state index contributed by atoms with van der Waals surface area (Å²) in [6, 6.07) is 9.70. The molecule has 2 N–H and O–H groups in total. The van der Waals surface area contributed by atoms with Gasteiger partial charge < -0.3 is 15.1 Å². The van der Waals surface area contributed by atoms with Gasteiger partial charge in [-0.15, -0.1) is 0 Å². The van der Waals surface area contributed by atoms with Crippen molar-refractivity contribution in [2.45, 2.75) is 52.7 Å². The molecule has 0 fully saturated rings. The summed E-state index contributed by atoms with van der Waals surface area (Å²) in [7, 11) is 1.89. The highest BCUT2D eigenvalue weighted by molar-refractivity contribution is 5.81. The Balaban J connectivity index is 2.64. The summed E-state index contributed by atoms with van der Waals surface area (Å²) in [6.07, 6.45) is 0. The van der Waals surface area contributed by atoms with Crippen molar-refractivity contribution >= 4 is 11.8 Å². The van der Waals surface area contributed by atoms with Gasteiger partial charge in [0.1, 0.15) is 0 Å². The number of quaternary nitrogens is 1. The molecule has 1 aromatic carbocycles. The smallest absolute Gasteiger partial charge is 0.280 e. The van der Waals surface area contributed by atoms with Crippen LogP contribution in [0.4, 0.5) is 0 Å². The molecule has 0 saturated heterocycles. The van der Waals surface area contributed by atoms with Crippen LogP contribution in [0.5, 0.6) is 0 Å². The minimum Gasteiger partial charge on any atom is -0.347 e. The highest BCUT2D eigenvalue weighted by Crippen LogP contribution is 2.05. The van der Waals surface area contributed by atoms with Crippen molar-refractivity contribution in [2.24, 2.45) is 0 Å². The second-order valence-electron chi connectivity index (χ2n) is 7.38. The molecular formula is C19H32N3O2+.